The molecule has 0 radical (unpaired) electrons. The first-order chi connectivity index (χ1) is 32.3. The van der Waals surface area contributed by atoms with E-state index in [0.29, 0.717) is 0 Å². The highest BCUT2D eigenvalue weighted by molar-refractivity contribution is 6.08. The quantitative estimate of drug-likeness (QED) is 0.154. The van der Waals surface area contributed by atoms with Crippen LogP contribution < -0.4 is 9.80 Å². The third-order valence-electron chi connectivity index (χ3n) is 16.1. The van der Waals surface area contributed by atoms with Gasteiger partial charge in [0.2, 0.25) is 0 Å². The van der Waals surface area contributed by atoms with Gasteiger partial charge in [0.05, 0.1) is 0 Å². The van der Waals surface area contributed by atoms with Crippen molar-refractivity contribution in [3.05, 3.63) is 208 Å². The van der Waals surface area contributed by atoms with Crippen LogP contribution in [-0.4, -0.2) is 0 Å². The van der Waals surface area contributed by atoms with Gasteiger partial charge < -0.3 is 9.80 Å². The molecule has 0 aromatic heterocycles. The maximum absolute atomic E-state index is 2.49. The third-order valence-corrected chi connectivity index (χ3v) is 16.1. The Balaban J connectivity index is 1.07. The normalized spacial score (nSPS) is 15.6. The topological polar surface area (TPSA) is 6.48 Å². The van der Waals surface area contributed by atoms with Crippen LogP contribution in [0.5, 0.6) is 0 Å². The molecule has 340 valence electrons. The van der Waals surface area contributed by atoms with Crippen molar-refractivity contribution in [3.63, 3.8) is 0 Å². The molecule has 0 N–H and O–H groups in total. The highest BCUT2D eigenvalue weighted by atomic mass is 15.1. The fourth-order valence-corrected chi connectivity index (χ4v) is 12.0. The van der Waals surface area contributed by atoms with Crippen molar-refractivity contribution < 1.29 is 0 Å². The Bertz CT molecular complexity index is 3410. The average Bonchev–Trinajstić information content (AvgIpc) is 3.69. The number of fused-ring (bicyclic) bond motifs is 7. The first-order valence-corrected chi connectivity index (χ1v) is 24.9. The summed E-state index contributed by atoms with van der Waals surface area (Å²) >= 11 is 0. The summed E-state index contributed by atoms with van der Waals surface area (Å²) in [5.74, 6) is 0. The first kappa shape index (κ1) is 43.9. The van der Waals surface area contributed by atoms with Crippen LogP contribution in [0, 0.1) is 13.8 Å². The molecule has 68 heavy (non-hydrogen) atoms. The van der Waals surface area contributed by atoms with Crippen molar-refractivity contribution in [1.82, 2.24) is 0 Å². The number of rotatable bonds is 6. The lowest BCUT2D eigenvalue weighted by Gasteiger charge is -2.30. The molecule has 0 heterocycles. The molecule has 0 bridgehead atoms. The Morgan fingerprint density at radius 3 is 1.37 bits per heavy atom. The zero-order chi connectivity index (χ0) is 47.7. The maximum atomic E-state index is 2.49. The highest BCUT2D eigenvalue weighted by Gasteiger charge is 2.38. The predicted molar refractivity (Wildman–Crippen MR) is 294 cm³/mol. The van der Waals surface area contributed by atoms with E-state index >= 15 is 0 Å². The Morgan fingerprint density at radius 1 is 0.412 bits per heavy atom. The second kappa shape index (κ2) is 15.4. The highest BCUT2D eigenvalue weighted by Crippen LogP contribution is 2.53. The van der Waals surface area contributed by atoms with E-state index in [9.17, 15) is 0 Å². The molecule has 11 rings (SSSR count). The largest absolute Gasteiger partial charge is 0.310 e. The van der Waals surface area contributed by atoms with Crippen molar-refractivity contribution >= 4 is 61.2 Å². The fraction of sp³-hybridized carbons (Fsp3) is 0.273. The lowest BCUT2D eigenvalue weighted by atomic mass is 9.78. The second-order valence-electron chi connectivity index (χ2n) is 23.1. The van der Waals surface area contributed by atoms with Gasteiger partial charge in [-0.05, 0) is 193 Å². The molecule has 0 unspecified atom stereocenters. The number of hydrogen-bond acceptors (Lipinski definition) is 2. The molecule has 0 aliphatic heterocycles. The molecule has 8 aromatic rings. The van der Waals surface area contributed by atoms with E-state index in [2.05, 4.69) is 251 Å². The maximum Gasteiger partial charge on any atom is 0.0468 e. The summed E-state index contributed by atoms with van der Waals surface area (Å²) in [6.45, 7) is 28.0. The number of nitrogens with zero attached hydrogens (tertiary/aromatic N) is 2. The molecule has 2 nitrogen and oxygen atoms in total. The van der Waals surface area contributed by atoms with Gasteiger partial charge in [-0.3, -0.25) is 0 Å². The summed E-state index contributed by atoms with van der Waals surface area (Å²) in [6, 6.07) is 56.1. The van der Waals surface area contributed by atoms with Crippen LogP contribution >= 0.6 is 0 Å². The molecule has 0 spiro atoms. The molecular weight excluding hydrogens is 821 g/mol. The van der Waals surface area contributed by atoms with Crippen molar-refractivity contribution in [2.24, 2.45) is 0 Å². The summed E-state index contributed by atoms with van der Waals surface area (Å²) in [6.07, 6.45) is 6.96. The Kier molecular flexibility index (Phi) is 9.97. The molecule has 3 aliphatic carbocycles. The van der Waals surface area contributed by atoms with Gasteiger partial charge >= 0.3 is 0 Å². The average molecular weight is 887 g/mol. The lowest BCUT2D eigenvalue weighted by molar-refractivity contribution is 0.590. The molecule has 2 heteroatoms. The van der Waals surface area contributed by atoms with Gasteiger partial charge in [0.15, 0.2) is 0 Å². The van der Waals surface area contributed by atoms with E-state index in [1.807, 2.05) is 0 Å². The summed E-state index contributed by atoms with van der Waals surface area (Å²) in [5, 5.41) is 5.15. The van der Waals surface area contributed by atoms with Gasteiger partial charge in [0.25, 0.3) is 0 Å². The zero-order valence-electron chi connectivity index (χ0n) is 42.3. The molecule has 0 saturated heterocycles. The minimum atomic E-state index is -0.108. The number of benzene rings is 8. The summed E-state index contributed by atoms with van der Waals surface area (Å²) in [7, 11) is 0. The third kappa shape index (κ3) is 6.89. The van der Waals surface area contributed by atoms with Crippen molar-refractivity contribution in [1.29, 1.82) is 0 Å². The van der Waals surface area contributed by atoms with Crippen LogP contribution in [0.3, 0.4) is 0 Å². The van der Waals surface area contributed by atoms with Crippen LogP contribution in [0.15, 0.2) is 163 Å². The monoisotopic (exact) mass is 887 g/mol. The second-order valence-corrected chi connectivity index (χ2v) is 23.1. The van der Waals surface area contributed by atoms with Gasteiger partial charge in [-0.2, -0.15) is 0 Å². The van der Waals surface area contributed by atoms with Gasteiger partial charge in [0.1, 0.15) is 0 Å². The zero-order valence-corrected chi connectivity index (χ0v) is 42.3. The van der Waals surface area contributed by atoms with Gasteiger partial charge in [-0.1, -0.05) is 160 Å². The van der Waals surface area contributed by atoms with E-state index in [4.69, 9.17) is 0 Å². The summed E-state index contributed by atoms with van der Waals surface area (Å²) in [5.41, 5.74) is 23.5. The van der Waals surface area contributed by atoms with Crippen molar-refractivity contribution in [2.75, 3.05) is 9.80 Å². The van der Waals surface area contributed by atoms with Crippen LogP contribution in [0.2, 0.25) is 0 Å². The minimum absolute atomic E-state index is 0.0234. The number of allylic oxidation sites excluding steroid dienone is 4. The van der Waals surface area contributed by atoms with Crippen molar-refractivity contribution in [3.8, 4) is 11.1 Å². The predicted octanol–water partition coefficient (Wildman–Crippen LogP) is 18.8. The molecule has 0 saturated carbocycles. The van der Waals surface area contributed by atoms with E-state index < -0.39 is 0 Å². The number of aryl methyl sites for hydroxylation is 2. The van der Waals surface area contributed by atoms with Gasteiger partial charge in [-0.15, -0.1) is 0 Å². The molecule has 0 amide bonds. The van der Waals surface area contributed by atoms with E-state index in [-0.39, 0.29) is 21.7 Å². The van der Waals surface area contributed by atoms with E-state index in [0.717, 1.165) is 35.6 Å². The minimum Gasteiger partial charge on any atom is -0.310 e. The Morgan fingerprint density at radius 2 is 0.838 bits per heavy atom. The summed E-state index contributed by atoms with van der Waals surface area (Å²) in [4.78, 5) is 4.96. The molecule has 3 aliphatic rings. The smallest absolute Gasteiger partial charge is 0.0468 e. The standard InChI is InChI=1S/C66H66N2/c1-41-51-33-29-47(67(45-25-21-43(22-26-45)63(3,4)5)49-31-35-55-53-17-13-15-19-59(53)65(9,10)61(55)39-49)37-57(51)42(2)58-38-48(30-34-52(41)58)68(46-27-23-44(24-28-46)64(6,7)8)50-32-36-56-54-18-14-16-20-60(54)66(11,12)62(56)40-50/h13-15,17-19,21-40H,16,20H2,1-12H3. The Labute approximate surface area is 405 Å². The lowest BCUT2D eigenvalue weighted by Crippen LogP contribution is -2.19. The Hall–Kier alpha value is -6.64. The molecule has 0 fully saturated rings. The molecule has 0 atom stereocenters. The van der Waals surface area contributed by atoms with Crippen LogP contribution in [0.4, 0.5) is 34.1 Å². The van der Waals surface area contributed by atoms with Crippen LogP contribution in [0.25, 0.3) is 38.2 Å². The number of anilines is 6. The van der Waals surface area contributed by atoms with E-state index in [1.54, 1.807) is 5.57 Å². The van der Waals surface area contributed by atoms with Gasteiger partial charge in [-0.25, -0.2) is 0 Å². The van der Waals surface area contributed by atoms with E-state index in [1.165, 1.54) is 94.1 Å². The fourth-order valence-electron chi connectivity index (χ4n) is 12.0. The van der Waals surface area contributed by atoms with Crippen LogP contribution in [0.1, 0.15) is 127 Å². The molecule has 8 aromatic carbocycles. The van der Waals surface area contributed by atoms with Crippen LogP contribution in [-0.2, 0) is 21.7 Å². The number of hydrogen-bond donors (Lipinski definition) is 0. The first-order valence-electron chi connectivity index (χ1n) is 24.9. The summed E-state index contributed by atoms with van der Waals surface area (Å²) < 4.78 is 0. The SMILES string of the molecule is Cc1c2ccc(N(c3ccc(C(C)(C)C)cc3)c3ccc4c(c3)C(C)(C)C3=C4C=CCC3)cc2c(C)c2cc(N(c3ccc(C(C)(C)C)cc3)c3ccc4c(c3)C(C)(C)c3ccccc3-4)ccc12. The molecular formula is C66H66N2. The van der Waals surface area contributed by atoms with Crippen molar-refractivity contribution in [2.45, 2.75) is 118 Å². The van der Waals surface area contributed by atoms with Gasteiger partial charge in [0, 0.05) is 45.0 Å².